The molecule has 0 atom stereocenters. The van der Waals surface area contributed by atoms with Crippen molar-refractivity contribution in [2.45, 2.75) is 31.8 Å². The number of ether oxygens (including phenoxy) is 1. The molecular weight excluding hydrogens is 510 g/mol. The van der Waals surface area contributed by atoms with E-state index >= 15 is 0 Å². The molecule has 0 radical (unpaired) electrons. The summed E-state index contributed by atoms with van der Waals surface area (Å²) in [5.41, 5.74) is 2.01. The summed E-state index contributed by atoms with van der Waals surface area (Å²) < 4.78 is 18.2. The molecule has 0 spiro atoms. The molecular formula is C23H32FIN4O2. The zero-order chi connectivity index (χ0) is 21.3. The number of phenolic OH excluding ortho intramolecular Hbond substituents is 1. The van der Waals surface area contributed by atoms with E-state index in [0.717, 1.165) is 49.6 Å². The summed E-state index contributed by atoms with van der Waals surface area (Å²) in [6.07, 6.45) is 2.75. The minimum atomic E-state index is -0.192. The van der Waals surface area contributed by atoms with Crippen LogP contribution in [0.1, 0.15) is 24.0 Å². The van der Waals surface area contributed by atoms with Crippen molar-refractivity contribution in [3.63, 3.8) is 0 Å². The smallest absolute Gasteiger partial charge is 0.191 e. The van der Waals surface area contributed by atoms with Gasteiger partial charge in [0.1, 0.15) is 17.3 Å². The standard InChI is InChI=1S/C23H31FN4O2.HI/c1-25-23(26-12-9-18-5-8-21(30-2)15-22(18)29)27-20-10-13-28(14-11-20)16-17-3-6-19(24)7-4-17;/h3-8,15,20,29H,9-14,16H2,1-2H3,(H2,25,26,27);1H. The zero-order valence-electron chi connectivity index (χ0n) is 18.1. The maximum absolute atomic E-state index is 13.1. The SMILES string of the molecule is CN=C(NCCc1ccc(OC)cc1O)NC1CCN(Cc2ccc(F)cc2)CC1.I. The monoisotopic (exact) mass is 542 g/mol. The molecule has 0 unspecified atom stereocenters. The molecule has 0 aromatic heterocycles. The van der Waals surface area contributed by atoms with Gasteiger partial charge >= 0.3 is 0 Å². The normalized spacial score (nSPS) is 15.3. The fraction of sp³-hybridized carbons (Fsp3) is 0.435. The Hall–Kier alpha value is -2.07. The molecule has 2 aromatic carbocycles. The lowest BCUT2D eigenvalue weighted by Gasteiger charge is -2.33. The summed E-state index contributed by atoms with van der Waals surface area (Å²) >= 11 is 0. The molecule has 0 saturated carbocycles. The maximum Gasteiger partial charge on any atom is 0.191 e. The van der Waals surface area contributed by atoms with Gasteiger partial charge in [-0.3, -0.25) is 9.89 Å². The van der Waals surface area contributed by atoms with Crippen molar-refractivity contribution in [3.8, 4) is 11.5 Å². The van der Waals surface area contributed by atoms with Gasteiger partial charge in [0.25, 0.3) is 0 Å². The third-order valence-electron chi connectivity index (χ3n) is 5.45. The molecule has 1 aliphatic heterocycles. The first-order valence-electron chi connectivity index (χ1n) is 10.4. The van der Waals surface area contributed by atoms with Crippen LogP contribution in [0.4, 0.5) is 4.39 Å². The minimum absolute atomic E-state index is 0. The highest BCUT2D eigenvalue weighted by atomic mass is 127. The molecule has 3 rings (SSSR count). The predicted octanol–water partition coefficient (Wildman–Crippen LogP) is 3.53. The molecule has 1 fully saturated rings. The first kappa shape index (κ1) is 25.2. The molecule has 1 saturated heterocycles. The Balaban J connectivity index is 0.00000341. The second kappa shape index (κ2) is 12.7. The number of benzene rings is 2. The molecule has 1 aliphatic rings. The van der Waals surface area contributed by atoms with Gasteiger partial charge in [-0.05, 0) is 48.6 Å². The number of phenols is 1. The van der Waals surface area contributed by atoms with Gasteiger partial charge in [-0.15, -0.1) is 24.0 Å². The van der Waals surface area contributed by atoms with Gasteiger partial charge in [-0.2, -0.15) is 0 Å². The summed E-state index contributed by atoms with van der Waals surface area (Å²) in [6, 6.07) is 12.5. The zero-order valence-corrected chi connectivity index (χ0v) is 20.4. The first-order valence-corrected chi connectivity index (χ1v) is 10.4. The first-order chi connectivity index (χ1) is 14.6. The van der Waals surface area contributed by atoms with Gasteiger partial charge in [-0.1, -0.05) is 18.2 Å². The van der Waals surface area contributed by atoms with Gasteiger partial charge in [-0.25, -0.2) is 4.39 Å². The molecule has 2 aromatic rings. The van der Waals surface area contributed by atoms with E-state index in [4.69, 9.17) is 4.74 Å². The number of aliphatic imine (C=N–C) groups is 1. The third-order valence-corrected chi connectivity index (χ3v) is 5.45. The average molecular weight is 542 g/mol. The number of guanidine groups is 1. The predicted molar refractivity (Wildman–Crippen MR) is 133 cm³/mol. The number of aromatic hydroxyl groups is 1. The van der Waals surface area contributed by atoms with Crippen LogP contribution in [0.15, 0.2) is 47.5 Å². The van der Waals surface area contributed by atoms with Crippen molar-refractivity contribution in [3.05, 3.63) is 59.4 Å². The number of rotatable bonds is 7. The highest BCUT2D eigenvalue weighted by Crippen LogP contribution is 2.23. The van der Waals surface area contributed by atoms with Gasteiger partial charge in [0.2, 0.25) is 0 Å². The molecule has 0 amide bonds. The van der Waals surface area contributed by atoms with E-state index < -0.39 is 0 Å². The van der Waals surface area contributed by atoms with Crippen LogP contribution in [0, 0.1) is 5.82 Å². The van der Waals surface area contributed by atoms with Crippen molar-refractivity contribution in [1.29, 1.82) is 0 Å². The molecule has 1 heterocycles. The van der Waals surface area contributed by atoms with Gasteiger partial charge in [0, 0.05) is 45.3 Å². The van der Waals surface area contributed by atoms with Crippen LogP contribution in [0.2, 0.25) is 0 Å². The third kappa shape index (κ3) is 7.84. The van der Waals surface area contributed by atoms with E-state index in [9.17, 15) is 9.50 Å². The van der Waals surface area contributed by atoms with Crippen molar-refractivity contribution < 1.29 is 14.2 Å². The molecule has 0 bridgehead atoms. The fourth-order valence-corrected chi connectivity index (χ4v) is 3.67. The summed E-state index contributed by atoms with van der Waals surface area (Å²) in [6.45, 7) is 3.51. The van der Waals surface area contributed by atoms with Gasteiger partial charge in [0.05, 0.1) is 7.11 Å². The maximum atomic E-state index is 13.1. The summed E-state index contributed by atoms with van der Waals surface area (Å²) in [5, 5.41) is 16.9. The molecule has 8 heteroatoms. The number of hydrogen-bond acceptors (Lipinski definition) is 4. The topological polar surface area (TPSA) is 69.1 Å². The van der Waals surface area contributed by atoms with E-state index in [1.54, 1.807) is 20.2 Å². The van der Waals surface area contributed by atoms with E-state index in [0.29, 0.717) is 24.8 Å². The van der Waals surface area contributed by atoms with Crippen LogP contribution >= 0.6 is 24.0 Å². The summed E-state index contributed by atoms with van der Waals surface area (Å²) in [5.74, 6) is 1.47. The Kier molecular flexibility index (Phi) is 10.3. The van der Waals surface area contributed by atoms with Crippen LogP contribution in [-0.4, -0.2) is 55.8 Å². The molecule has 170 valence electrons. The van der Waals surface area contributed by atoms with Gasteiger partial charge < -0.3 is 20.5 Å². The number of piperidine rings is 1. The fourth-order valence-electron chi connectivity index (χ4n) is 3.67. The molecule has 3 N–H and O–H groups in total. The van der Waals surface area contributed by atoms with Crippen LogP contribution in [-0.2, 0) is 13.0 Å². The molecule has 6 nitrogen and oxygen atoms in total. The second-order valence-corrected chi connectivity index (χ2v) is 7.56. The van der Waals surface area contributed by atoms with E-state index in [1.165, 1.54) is 12.1 Å². The Morgan fingerprint density at radius 1 is 1.19 bits per heavy atom. The van der Waals surface area contributed by atoms with E-state index in [2.05, 4.69) is 20.5 Å². The number of nitrogens with zero attached hydrogens (tertiary/aromatic N) is 2. The van der Waals surface area contributed by atoms with Crippen molar-refractivity contribution >= 4 is 29.9 Å². The highest BCUT2D eigenvalue weighted by Gasteiger charge is 2.20. The second-order valence-electron chi connectivity index (χ2n) is 7.56. The van der Waals surface area contributed by atoms with E-state index in [1.807, 2.05) is 24.3 Å². The number of methoxy groups -OCH3 is 1. The highest BCUT2D eigenvalue weighted by molar-refractivity contribution is 14.0. The largest absolute Gasteiger partial charge is 0.508 e. The quantitative estimate of drug-likeness (QED) is 0.284. The number of halogens is 2. The summed E-state index contributed by atoms with van der Waals surface area (Å²) in [4.78, 5) is 6.72. The Bertz CT molecular complexity index is 840. The summed E-state index contributed by atoms with van der Waals surface area (Å²) in [7, 11) is 3.35. The number of nitrogens with one attached hydrogen (secondary N) is 2. The lowest BCUT2D eigenvalue weighted by Crippen LogP contribution is -2.48. The Morgan fingerprint density at radius 2 is 1.90 bits per heavy atom. The van der Waals surface area contributed by atoms with Crippen molar-refractivity contribution in [2.75, 3.05) is 33.8 Å². The van der Waals surface area contributed by atoms with Crippen LogP contribution in [0.25, 0.3) is 0 Å². The van der Waals surface area contributed by atoms with Crippen LogP contribution in [0.5, 0.6) is 11.5 Å². The van der Waals surface area contributed by atoms with Crippen LogP contribution < -0.4 is 15.4 Å². The molecule has 31 heavy (non-hydrogen) atoms. The Labute approximate surface area is 200 Å². The lowest BCUT2D eigenvalue weighted by atomic mass is 10.0. The number of likely N-dealkylation sites (tertiary alicyclic amines) is 1. The average Bonchev–Trinajstić information content (AvgIpc) is 2.76. The van der Waals surface area contributed by atoms with Crippen molar-refractivity contribution in [2.24, 2.45) is 4.99 Å². The number of hydrogen-bond donors (Lipinski definition) is 3. The molecule has 0 aliphatic carbocycles. The van der Waals surface area contributed by atoms with Crippen molar-refractivity contribution in [1.82, 2.24) is 15.5 Å². The van der Waals surface area contributed by atoms with Crippen LogP contribution in [0.3, 0.4) is 0 Å². The lowest BCUT2D eigenvalue weighted by molar-refractivity contribution is 0.198. The Morgan fingerprint density at radius 3 is 2.52 bits per heavy atom. The van der Waals surface area contributed by atoms with Gasteiger partial charge in [0.15, 0.2) is 5.96 Å². The minimum Gasteiger partial charge on any atom is -0.508 e. The van der Waals surface area contributed by atoms with E-state index in [-0.39, 0.29) is 35.5 Å².